The Bertz CT molecular complexity index is 411. The van der Waals surface area contributed by atoms with Gasteiger partial charge in [0.05, 0.1) is 12.1 Å². The van der Waals surface area contributed by atoms with Crippen LogP contribution in [0.3, 0.4) is 0 Å². The van der Waals surface area contributed by atoms with Gasteiger partial charge in [-0.2, -0.15) is 0 Å². The minimum atomic E-state index is -0.265. The van der Waals surface area contributed by atoms with Gasteiger partial charge in [0.1, 0.15) is 5.75 Å². The molecule has 1 fully saturated rings. The topological polar surface area (TPSA) is 35.2 Å². The van der Waals surface area contributed by atoms with Gasteiger partial charge in [0, 0.05) is 11.1 Å². The molecule has 1 aromatic rings. The Morgan fingerprint density at radius 1 is 1.24 bits per heavy atom. The highest BCUT2D eigenvalue weighted by molar-refractivity contribution is 6.32. The molecule has 0 aliphatic heterocycles. The van der Waals surface area contributed by atoms with Crippen molar-refractivity contribution >= 4 is 11.6 Å². The van der Waals surface area contributed by atoms with E-state index in [1.54, 1.807) is 7.11 Å². The second-order valence-electron chi connectivity index (χ2n) is 4.99. The highest BCUT2D eigenvalue weighted by Gasteiger charge is 2.34. The Kier molecular flexibility index (Phi) is 3.64. The van der Waals surface area contributed by atoms with Crippen LogP contribution >= 0.6 is 11.6 Å². The lowest BCUT2D eigenvalue weighted by atomic mass is 9.75. The van der Waals surface area contributed by atoms with Crippen molar-refractivity contribution in [3.8, 4) is 5.75 Å². The van der Waals surface area contributed by atoms with Gasteiger partial charge < -0.3 is 10.5 Å². The van der Waals surface area contributed by atoms with Crippen molar-refractivity contribution in [3.05, 3.63) is 28.3 Å². The second kappa shape index (κ2) is 4.87. The van der Waals surface area contributed by atoms with E-state index in [-0.39, 0.29) is 5.54 Å². The minimum Gasteiger partial charge on any atom is -0.495 e. The van der Waals surface area contributed by atoms with Crippen LogP contribution in [0.4, 0.5) is 0 Å². The first-order chi connectivity index (χ1) is 8.08. The summed E-state index contributed by atoms with van der Waals surface area (Å²) in [7, 11) is 1.66. The fourth-order valence-corrected chi connectivity index (χ4v) is 3.14. The van der Waals surface area contributed by atoms with E-state index in [1.165, 1.54) is 24.8 Å². The molecular formula is C14H20ClNO. The number of halogens is 1. The van der Waals surface area contributed by atoms with Crippen LogP contribution in [0.1, 0.15) is 43.2 Å². The lowest BCUT2D eigenvalue weighted by Crippen LogP contribution is -2.39. The van der Waals surface area contributed by atoms with Crippen molar-refractivity contribution < 1.29 is 4.74 Å². The van der Waals surface area contributed by atoms with E-state index in [4.69, 9.17) is 22.1 Å². The van der Waals surface area contributed by atoms with E-state index >= 15 is 0 Å². The first-order valence-corrected chi connectivity index (χ1v) is 6.59. The maximum Gasteiger partial charge on any atom is 0.142 e. The molecule has 2 nitrogen and oxygen atoms in total. The van der Waals surface area contributed by atoms with Gasteiger partial charge in [0.2, 0.25) is 0 Å². The molecule has 0 unspecified atom stereocenters. The third-order valence-electron chi connectivity index (χ3n) is 3.77. The molecule has 0 amide bonds. The zero-order valence-corrected chi connectivity index (χ0v) is 11.3. The van der Waals surface area contributed by atoms with Crippen LogP contribution < -0.4 is 10.5 Å². The first-order valence-electron chi connectivity index (χ1n) is 6.21. The predicted octanol–water partition coefficient (Wildman–Crippen LogP) is 3.78. The van der Waals surface area contributed by atoms with Crippen molar-refractivity contribution in [1.29, 1.82) is 0 Å². The number of hydrogen-bond acceptors (Lipinski definition) is 2. The lowest BCUT2D eigenvalue weighted by Gasteiger charge is -2.36. The van der Waals surface area contributed by atoms with Crippen LogP contribution in [0, 0.1) is 6.92 Å². The fourth-order valence-electron chi connectivity index (χ4n) is 2.91. The Labute approximate surface area is 108 Å². The number of rotatable bonds is 2. The number of hydrogen-bond donors (Lipinski definition) is 1. The van der Waals surface area contributed by atoms with E-state index < -0.39 is 0 Å². The highest BCUT2D eigenvalue weighted by atomic mass is 35.5. The van der Waals surface area contributed by atoms with Crippen molar-refractivity contribution in [3.63, 3.8) is 0 Å². The maximum atomic E-state index is 6.59. The fraction of sp³-hybridized carbons (Fsp3) is 0.571. The standard InChI is InChI=1S/C14H20ClNO/c1-10-6-7-11(15)13(17-2)12(10)14(16)8-4-3-5-9-14/h6-7H,3-5,8-9,16H2,1-2H3. The van der Waals surface area contributed by atoms with Crippen LogP contribution in [-0.4, -0.2) is 7.11 Å². The molecule has 0 atom stereocenters. The molecule has 1 saturated carbocycles. The SMILES string of the molecule is COc1c(Cl)ccc(C)c1C1(N)CCCCC1. The number of methoxy groups -OCH3 is 1. The molecule has 0 bridgehead atoms. The third-order valence-corrected chi connectivity index (χ3v) is 4.06. The van der Waals surface area contributed by atoms with E-state index in [0.29, 0.717) is 5.02 Å². The molecule has 0 saturated heterocycles. The first kappa shape index (κ1) is 12.7. The normalized spacial score (nSPS) is 19.1. The van der Waals surface area contributed by atoms with E-state index in [0.717, 1.165) is 24.2 Å². The van der Waals surface area contributed by atoms with Gasteiger partial charge in [0.25, 0.3) is 0 Å². The van der Waals surface area contributed by atoms with Crippen LogP contribution in [-0.2, 0) is 5.54 Å². The summed E-state index contributed by atoms with van der Waals surface area (Å²) in [5.41, 5.74) is 8.60. The third kappa shape index (κ3) is 2.29. The summed E-state index contributed by atoms with van der Waals surface area (Å²) < 4.78 is 5.46. The molecule has 2 rings (SSSR count). The highest BCUT2D eigenvalue weighted by Crippen LogP contribution is 2.43. The predicted molar refractivity (Wildman–Crippen MR) is 71.7 cm³/mol. The Balaban J connectivity index is 2.52. The summed E-state index contributed by atoms with van der Waals surface area (Å²) in [5.74, 6) is 0.760. The number of ether oxygens (including phenoxy) is 1. The van der Waals surface area contributed by atoms with E-state index in [9.17, 15) is 0 Å². The average molecular weight is 254 g/mol. The maximum absolute atomic E-state index is 6.59. The van der Waals surface area contributed by atoms with Gasteiger partial charge in [0.15, 0.2) is 0 Å². The van der Waals surface area contributed by atoms with Crippen LogP contribution in [0.2, 0.25) is 5.02 Å². The van der Waals surface area contributed by atoms with Crippen molar-refractivity contribution in [2.45, 2.75) is 44.6 Å². The molecule has 2 N–H and O–H groups in total. The molecule has 0 aromatic heterocycles. The van der Waals surface area contributed by atoms with Crippen molar-refractivity contribution in [2.24, 2.45) is 5.73 Å². The summed E-state index contributed by atoms with van der Waals surface area (Å²) in [6.45, 7) is 2.08. The Morgan fingerprint density at radius 3 is 2.47 bits per heavy atom. The minimum absolute atomic E-state index is 0.265. The van der Waals surface area contributed by atoms with E-state index in [1.807, 2.05) is 12.1 Å². The van der Waals surface area contributed by atoms with Gasteiger partial charge in [-0.1, -0.05) is 36.9 Å². The summed E-state index contributed by atoms with van der Waals surface area (Å²) in [5, 5.41) is 0.656. The molecule has 0 radical (unpaired) electrons. The molecule has 0 heterocycles. The monoisotopic (exact) mass is 253 g/mol. The quantitative estimate of drug-likeness (QED) is 0.871. The van der Waals surface area contributed by atoms with Crippen LogP contribution in [0.25, 0.3) is 0 Å². The van der Waals surface area contributed by atoms with Crippen LogP contribution in [0.5, 0.6) is 5.75 Å². The van der Waals surface area contributed by atoms with Gasteiger partial charge in [-0.15, -0.1) is 0 Å². The van der Waals surface area contributed by atoms with Gasteiger partial charge in [-0.25, -0.2) is 0 Å². The average Bonchev–Trinajstić information content (AvgIpc) is 2.32. The molecule has 3 heteroatoms. The van der Waals surface area contributed by atoms with Crippen LogP contribution in [0.15, 0.2) is 12.1 Å². The number of nitrogens with two attached hydrogens (primary N) is 1. The Hall–Kier alpha value is -0.730. The molecule has 1 aliphatic carbocycles. The zero-order chi connectivity index (χ0) is 12.5. The van der Waals surface area contributed by atoms with E-state index in [2.05, 4.69) is 6.92 Å². The van der Waals surface area contributed by atoms with Gasteiger partial charge in [-0.3, -0.25) is 0 Å². The Morgan fingerprint density at radius 2 is 1.88 bits per heavy atom. The van der Waals surface area contributed by atoms with Gasteiger partial charge in [-0.05, 0) is 31.4 Å². The lowest BCUT2D eigenvalue weighted by molar-refractivity contribution is 0.288. The van der Waals surface area contributed by atoms with Crippen molar-refractivity contribution in [1.82, 2.24) is 0 Å². The number of benzene rings is 1. The summed E-state index contributed by atoms with van der Waals surface area (Å²) in [6.07, 6.45) is 5.69. The molecule has 1 aromatic carbocycles. The smallest absolute Gasteiger partial charge is 0.142 e. The largest absolute Gasteiger partial charge is 0.495 e. The summed E-state index contributed by atoms with van der Waals surface area (Å²) in [6, 6.07) is 3.91. The zero-order valence-electron chi connectivity index (χ0n) is 10.6. The second-order valence-corrected chi connectivity index (χ2v) is 5.40. The summed E-state index contributed by atoms with van der Waals surface area (Å²) in [4.78, 5) is 0. The molecule has 1 aliphatic rings. The number of aryl methyl sites for hydroxylation is 1. The summed E-state index contributed by atoms with van der Waals surface area (Å²) >= 11 is 6.20. The molecule has 17 heavy (non-hydrogen) atoms. The molecule has 0 spiro atoms. The molecule has 94 valence electrons. The van der Waals surface area contributed by atoms with Gasteiger partial charge >= 0.3 is 0 Å². The van der Waals surface area contributed by atoms with Crippen molar-refractivity contribution in [2.75, 3.05) is 7.11 Å². The molecular weight excluding hydrogens is 234 g/mol.